The van der Waals surface area contributed by atoms with Crippen molar-refractivity contribution < 1.29 is 22.7 Å². The minimum absolute atomic E-state index is 0.164. The molecule has 1 N–H and O–H groups in total. The van der Waals surface area contributed by atoms with Crippen molar-refractivity contribution in [3.63, 3.8) is 0 Å². The van der Waals surface area contributed by atoms with Gasteiger partial charge in [-0.25, -0.2) is 13.2 Å². The minimum Gasteiger partial charge on any atom is -0.482 e. The summed E-state index contributed by atoms with van der Waals surface area (Å²) >= 11 is 0. The lowest BCUT2D eigenvalue weighted by molar-refractivity contribution is -0.142. The lowest BCUT2D eigenvalue weighted by Crippen LogP contribution is -2.14. The molecule has 134 valence electrons. The molecular formula is C19H17NO5S. The first-order valence-corrected chi connectivity index (χ1v) is 9.27. The Hall–Kier alpha value is -3.06. The third-order valence-corrected chi connectivity index (χ3v) is 5.08. The number of fused-ring (bicyclic) bond motifs is 1. The summed E-state index contributed by atoms with van der Waals surface area (Å²) in [4.78, 5) is 11.3. The molecule has 6 nitrogen and oxygen atoms in total. The van der Waals surface area contributed by atoms with Crippen LogP contribution < -0.4 is 9.46 Å². The molecule has 0 aliphatic rings. The molecule has 0 amide bonds. The standard InChI is InChI=1S/C19H17NO5S/c1-24-19(21)13-25-17-8-4-7-16(12-17)20-26(22,23)18-10-9-14-5-2-3-6-15(14)11-18/h2-12,20H,13H2,1H3. The number of ether oxygens (including phenoxy) is 2. The minimum atomic E-state index is -3.75. The van der Waals surface area contributed by atoms with Crippen LogP contribution in [0.15, 0.2) is 71.6 Å². The van der Waals surface area contributed by atoms with E-state index in [-0.39, 0.29) is 11.5 Å². The van der Waals surface area contributed by atoms with E-state index in [4.69, 9.17) is 4.74 Å². The van der Waals surface area contributed by atoms with Crippen LogP contribution in [0.3, 0.4) is 0 Å². The Morgan fingerprint density at radius 2 is 1.73 bits per heavy atom. The largest absolute Gasteiger partial charge is 0.482 e. The molecule has 0 aliphatic heterocycles. The summed E-state index contributed by atoms with van der Waals surface area (Å²) in [6.07, 6.45) is 0. The van der Waals surface area contributed by atoms with Gasteiger partial charge in [0.05, 0.1) is 17.7 Å². The summed E-state index contributed by atoms with van der Waals surface area (Å²) in [5.74, 6) is -0.166. The molecule has 0 fully saturated rings. The first kappa shape index (κ1) is 17.8. The van der Waals surface area contributed by atoms with Gasteiger partial charge in [0.2, 0.25) is 0 Å². The van der Waals surface area contributed by atoms with Gasteiger partial charge in [-0.15, -0.1) is 0 Å². The van der Waals surface area contributed by atoms with E-state index in [1.165, 1.54) is 13.2 Å². The summed E-state index contributed by atoms with van der Waals surface area (Å²) < 4.78 is 37.6. The van der Waals surface area contributed by atoms with Crippen LogP contribution in [-0.2, 0) is 19.6 Å². The zero-order valence-corrected chi connectivity index (χ0v) is 14.8. The second-order valence-electron chi connectivity index (χ2n) is 5.51. The normalized spacial score (nSPS) is 11.1. The second-order valence-corrected chi connectivity index (χ2v) is 7.19. The Morgan fingerprint density at radius 1 is 0.962 bits per heavy atom. The fraction of sp³-hybridized carbons (Fsp3) is 0.105. The van der Waals surface area contributed by atoms with Crippen molar-refractivity contribution in [2.45, 2.75) is 4.90 Å². The van der Waals surface area contributed by atoms with Crippen molar-refractivity contribution in [1.82, 2.24) is 0 Å². The maximum Gasteiger partial charge on any atom is 0.343 e. The predicted molar refractivity (Wildman–Crippen MR) is 98.7 cm³/mol. The molecule has 3 rings (SSSR count). The number of esters is 1. The number of sulfonamides is 1. The number of nitrogens with one attached hydrogen (secondary N) is 1. The average Bonchev–Trinajstić information content (AvgIpc) is 2.65. The van der Waals surface area contributed by atoms with E-state index in [0.717, 1.165) is 10.8 Å². The SMILES string of the molecule is COC(=O)COc1cccc(NS(=O)(=O)c2ccc3ccccc3c2)c1. The Morgan fingerprint density at radius 3 is 2.50 bits per heavy atom. The van der Waals surface area contributed by atoms with Crippen molar-refractivity contribution in [3.05, 3.63) is 66.7 Å². The van der Waals surface area contributed by atoms with Crippen LogP contribution >= 0.6 is 0 Å². The number of hydrogen-bond acceptors (Lipinski definition) is 5. The van der Waals surface area contributed by atoms with Gasteiger partial charge in [0, 0.05) is 6.07 Å². The molecule has 3 aromatic rings. The summed E-state index contributed by atoms with van der Waals surface area (Å²) in [5.41, 5.74) is 0.334. The average molecular weight is 371 g/mol. The first-order chi connectivity index (χ1) is 12.5. The number of hydrogen-bond donors (Lipinski definition) is 1. The van der Waals surface area contributed by atoms with E-state index >= 15 is 0 Å². The fourth-order valence-corrected chi connectivity index (χ4v) is 3.48. The molecule has 0 saturated heterocycles. The van der Waals surface area contributed by atoms with Gasteiger partial charge in [-0.1, -0.05) is 36.4 Å². The third-order valence-electron chi connectivity index (χ3n) is 3.70. The molecule has 0 radical (unpaired) electrons. The van der Waals surface area contributed by atoms with Crippen molar-refractivity contribution >= 4 is 32.5 Å². The zero-order valence-electron chi connectivity index (χ0n) is 14.0. The van der Waals surface area contributed by atoms with Crippen LogP contribution in [0, 0.1) is 0 Å². The Labute approximate surface area is 151 Å². The number of carbonyl (C=O) groups excluding carboxylic acids is 1. The number of anilines is 1. The second kappa shape index (κ2) is 7.45. The van der Waals surface area contributed by atoms with Crippen molar-refractivity contribution in [1.29, 1.82) is 0 Å². The van der Waals surface area contributed by atoms with Crippen LogP contribution in [0.1, 0.15) is 0 Å². The van der Waals surface area contributed by atoms with Crippen molar-refractivity contribution in [2.75, 3.05) is 18.4 Å². The maximum absolute atomic E-state index is 12.6. The van der Waals surface area contributed by atoms with Crippen molar-refractivity contribution in [2.24, 2.45) is 0 Å². The van der Waals surface area contributed by atoms with E-state index in [2.05, 4.69) is 9.46 Å². The summed E-state index contributed by atoms with van der Waals surface area (Å²) in [6, 6.07) is 18.8. The van der Waals surface area contributed by atoms with Crippen LogP contribution in [-0.4, -0.2) is 28.1 Å². The van der Waals surface area contributed by atoms with Gasteiger partial charge in [-0.2, -0.15) is 0 Å². The van der Waals surface area contributed by atoms with Crippen molar-refractivity contribution in [3.8, 4) is 5.75 Å². The van der Waals surface area contributed by atoms with E-state index in [1.54, 1.807) is 36.4 Å². The monoisotopic (exact) mass is 371 g/mol. The molecule has 7 heteroatoms. The Kier molecular flexibility index (Phi) is 5.09. The highest BCUT2D eigenvalue weighted by Gasteiger charge is 2.15. The number of rotatable bonds is 6. The smallest absolute Gasteiger partial charge is 0.343 e. The van der Waals surface area contributed by atoms with Gasteiger partial charge < -0.3 is 9.47 Å². The molecule has 3 aromatic carbocycles. The maximum atomic E-state index is 12.6. The van der Waals surface area contributed by atoms with Gasteiger partial charge >= 0.3 is 5.97 Å². The number of methoxy groups -OCH3 is 1. The lowest BCUT2D eigenvalue weighted by atomic mass is 10.1. The Balaban J connectivity index is 1.81. The van der Waals surface area contributed by atoms with E-state index in [0.29, 0.717) is 11.4 Å². The number of benzene rings is 3. The van der Waals surface area contributed by atoms with Crippen LogP contribution in [0.5, 0.6) is 5.75 Å². The molecule has 0 unspecified atom stereocenters. The van der Waals surface area contributed by atoms with Gasteiger partial charge in [-0.05, 0) is 35.0 Å². The van der Waals surface area contributed by atoms with Crippen LogP contribution in [0.2, 0.25) is 0 Å². The van der Waals surface area contributed by atoms with Gasteiger partial charge in [0.25, 0.3) is 10.0 Å². The molecule has 0 atom stereocenters. The highest BCUT2D eigenvalue weighted by atomic mass is 32.2. The molecule has 0 heterocycles. The summed E-state index contributed by atoms with van der Waals surface area (Å²) in [7, 11) is -2.49. The Bertz CT molecular complexity index is 1050. The fourth-order valence-electron chi connectivity index (χ4n) is 2.40. The topological polar surface area (TPSA) is 81.7 Å². The zero-order chi connectivity index (χ0) is 18.6. The highest BCUT2D eigenvalue weighted by molar-refractivity contribution is 7.92. The molecular weight excluding hydrogens is 354 g/mol. The first-order valence-electron chi connectivity index (χ1n) is 7.79. The van der Waals surface area contributed by atoms with Gasteiger partial charge in [0.1, 0.15) is 5.75 Å². The molecule has 0 aromatic heterocycles. The summed E-state index contributed by atoms with van der Waals surface area (Å²) in [6.45, 7) is -0.253. The molecule has 0 saturated carbocycles. The van der Waals surface area contributed by atoms with Crippen LogP contribution in [0.4, 0.5) is 5.69 Å². The molecule has 0 aliphatic carbocycles. The van der Waals surface area contributed by atoms with Gasteiger partial charge in [-0.3, -0.25) is 4.72 Å². The predicted octanol–water partition coefficient (Wildman–Crippen LogP) is 3.19. The highest BCUT2D eigenvalue weighted by Crippen LogP contribution is 2.23. The molecule has 0 bridgehead atoms. The summed E-state index contributed by atoms with van der Waals surface area (Å²) in [5, 5.41) is 1.80. The molecule has 0 spiro atoms. The van der Waals surface area contributed by atoms with Crippen LogP contribution in [0.25, 0.3) is 10.8 Å². The number of carbonyl (C=O) groups is 1. The quantitative estimate of drug-likeness (QED) is 0.673. The molecule has 26 heavy (non-hydrogen) atoms. The van der Waals surface area contributed by atoms with E-state index in [1.807, 2.05) is 24.3 Å². The van der Waals surface area contributed by atoms with E-state index < -0.39 is 16.0 Å². The lowest BCUT2D eigenvalue weighted by Gasteiger charge is -2.11. The third kappa shape index (κ3) is 4.12. The van der Waals surface area contributed by atoms with Gasteiger partial charge in [0.15, 0.2) is 6.61 Å². The van der Waals surface area contributed by atoms with E-state index in [9.17, 15) is 13.2 Å².